The molecule has 2 aromatic rings. The molecule has 8 heteroatoms. The zero-order chi connectivity index (χ0) is 24.9. The summed E-state index contributed by atoms with van der Waals surface area (Å²) >= 11 is 0. The number of hydrogen-bond donors (Lipinski definition) is 1. The van der Waals surface area contributed by atoms with E-state index in [1.54, 1.807) is 31.3 Å². The van der Waals surface area contributed by atoms with E-state index in [9.17, 15) is 13.5 Å². The predicted molar refractivity (Wildman–Crippen MR) is 133 cm³/mol. The molecule has 1 aromatic carbocycles. The first-order chi connectivity index (χ1) is 16.1. The van der Waals surface area contributed by atoms with Crippen molar-refractivity contribution < 1.29 is 18.3 Å². The minimum atomic E-state index is -3.86. The molecule has 0 saturated carbocycles. The Labute approximate surface area is 203 Å². The second-order valence-corrected chi connectivity index (χ2v) is 11.2. The van der Waals surface area contributed by atoms with Crippen LogP contribution in [0.5, 0.6) is 5.75 Å². The van der Waals surface area contributed by atoms with Crippen molar-refractivity contribution in [3.05, 3.63) is 53.9 Å². The molecule has 7 nitrogen and oxygen atoms in total. The van der Waals surface area contributed by atoms with Gasteiger partial charge in [-0.2, -0.15) is 4.31 Å². The molecule has 3 rings (SSSR count). The minimum absolute atomic E-state index is 0.104. The fourth-order valence-corrected chi connectivity index (χ4v) is 5.71. The summed E-state index contributed by atoms with van der Waals surface area (Å²) in [5, 5.41) is 9.79. The molecule has 3 atom stereocenters. The molecule has 2 heterocycles. The number of aliphatic hydroxyl groups is 1. The summed E-state index contributed by atoms with van der Waals surface area (Å²) in [6.07, 6.45) is 1.50. The second-order valence-electron chi connectivity index (χ2n) is 9.34. The minimum Gasteiger partial charge on any atom is -0.487 e. The third kappa shape index (κ3) is 6.36. The van der Waals surface area contributed by atoms with Crippen molar-refractivity contribution in [3.63, 3.8) is 0 Å². The lowest BCUT2D eigenvalue weighted by Gasteiger charge is -2.37. The lowest BCUT2D eigenvalue weighted by atomic mass is 10.0. The van der Waals surface area contributed by atoms with E-state index in [-0.39, 0.29) is 36.0 Å². The van der Waals surface area contributed by atoms with Crippen LogP contribution in [0.2, 0.25) is 0 Å². The number of rotatable bonds is 6. The number of fused-ring (bicyclic) bond motifs is 1. The van der Waals surface area contributed by atoms with Gasteiger partial charge >= 0.3 is 0 Å². The van der Waals surface area contributed by atoms with Gasteiger partial charge in [0.05, 0.1) is 12.3 Å². The number of hydrogen-bond acceptors (Lipinski definition) is 6. The Morgan fingerprint density at radius 2 is 2.03 bits per heavy atom. The smallest absolute Gasteiger partial charge is 0.247 e. The number of likely N-dealkylation sites (N-methyl/N-ethyl adjacent to an activating group) is 1. The van der Waals surface area contributed by atoms with Crippen LogP contribution in [0.4, 0.5) is 0 Å². The van der Waals surface area contributed by atoms with E-state index >= 15 is 0 Å². The van der Waals surface area contributed by atoms with Crippen molar-refractivity contribution in [2.24, 2.45) is 11.8 Å². The number of sulfonamides is 1. The van der Waals surface area contributed by atoms with Gasteiger partial charge in [-0.15, -0.1) is 0 Å². The number of benzene rings is 1. The molecule has 1 N–H and O–H groups in total. The largest absolute Gasteiger partial charge is 0.487 e. The number of aromatic nitrogens is 1. The monoisotopic (exact) mass is 485 g/mol. The summed E-state index contributed by atoms with van der Waals surface area (Å²) in [4.78, 5) is 6.63. The summed E-state index contributed by atoms with van der Waals surface area (Å²) in [6, 6.07) is 10.3. The van der Waals surface area contributed by atoms with Crippen molar-refractivity contribution in [3.8, 4) is 17.6 Å². The van der Waals surface area contributed by atoms with Crippen LogP contribution in [0.15, 0.2) is 47.5 Å². The molecule has 0 spiro atoms. The molecule has 0 unspecified atom stereocenters. The fraction of sp³-hybridized carbons (Fsp3) is 0.500. The summed E-state index contributed by atoms with van der Waals surface area (Å²) < 4.78 is 34.9. The highest BCUT2D eigenvalue weighted by atomic mass is 32.2. The number of aliphatic hydroxyl groups excluding tert-OH is 1. The van der Waals surface area contributed by atoms with Crippen LogP contribution in [0.25, 0.3) is 0 Å². The van der Waals surface area contributed by atoms with Gasteiger partial charge in [0.2, 0.25) is 10.0 Å². The highest BCUT2D eigenvalue weighted by Gasteiger charge is 2.38. The highest BCUT2D eigenvalue weighted by Crippen LogP contribution is 2.34. The Hall–Kier alpha value is -2.44. The maximum Gasteiger partial charge on any atom is 0.247 e. The lowest BCUT2D eigenvalue weighted by molar-refractivity contribution is 0.0730. The zero-order valence-electron chi connectivity index (χ0n) is 20.6. The Kier molecular flexibility index (Phi) is 8.72. The molecule has 0 radical (unpaired) electrons. The zero-order valence-corrected chi connectivity index (χ0v) is 21.4. The molecular weight excluding hydrogens is 450 g/mol. The summed E-state index contributed by atoms with van der Waals surface area (Å²) in [5.41, 5.74) is 1.66. The van der Waals surface area contributed by atoms with Crippen molar-refractivity contribution in [1.29, 1.82) is 0 Å². The molecule has 1 aromatic heterocycles. The lowest BCUT2D eigenvalue weighted by Crippen LogP contribution is -2.49. The van der Waals surface area contributed by atoms with Gasteiger partial charge in [-0.25, -0.2) is 8.42 Å². The molecule has 0 amide bonds. The van der Waals surface area contributed by atoms with Crippen molar-refractivity contribution >= 4 is 10.0 Å². The van der Waals surface area contributed by atoms with Gasteiger partial charge in [-0.1, -0.05) is 38.7 Å². The molecular formula is C26H35N3O4S. The van der Waals surface area contributed by atoms with E-state index in [0.717, 1.165) is 5.69 Å². The van der Waals surface area contributed by atoms with Crippen LogP contribution < -0.4 is 4.74 Å². The molecule has 0 fully saturated rings. The number of pyridine rings is 1. The average Bonchev–Trinajstić information content (AvgIpc) is 2.80. The van der Waals surface area contributed by atoms with Crippen LogP contribution in [-0.2, 0) is 16.6 Å². The van der Waals surface area contributed by atoms with Gasteiger partial charge in [-0.3, -0.25) is 9.88 Å². The first kappa shape index (κ1) is 26.2. The van der Waals surface area contributed by atoms with E-state index in [2.05, 4.69) is 21.7 Å². The van der Waals surface area contributed by atoms with Crippen molar-refractivity contribution in [2.75, 3.05) is 26.7 Å². The van der Waals surface area contributed by atoms with Gasteiger partial charge in [-0.05, 0) is 44.3 Å². The van der Waals surface area contributed by atoms with Crippen LogP contribution in [0, 0.1) is 23.7 Å². The van der Waals surface area contributed by atoms with E-state index in [1.165, 1.54) is 4.31 Å². The van der Waals surface area contributed by atoms with Gasteiger partial charge in [0, 0.05) is 49.3 Å². The molecule has 1 aliphatic rings. The highest BCUT2D eigenvalue weighted by molar-refractivity contribution is 7.89. The SMILES string of the molecule is CC(C)C#Cc1ccc2c(c1)O[C@H](CN(C)Cc1ccccn1)[C@H](C)CN([C@@H](C)CO)S2(=O)=O. The topological polar surface area (TPSA) is 83.0 Å². The van der Waals surface area contributed by atoms with Gasteiger partial charge in [0.15, 0.2) is 0 Å². The third-order valence-corrected chi connectivity index (χ3v) is 7.84. The number of ether oxygens (including phenoxy) is 1. The number of nitrogens with zero attached hydrogens (tertiary/aromatic N) is 3. The van der Waals surface area contributed by atoms with E-state index in [4.69, 9.17) is 4.74 Å². The predicted octanol–water partition coefficient (Wildman–Crippen LogP) is 2.99. The third-order valence-electron chi connectivity index (χ3n) is 5.82. The standard InChI is InChI=1S/C26H35N3O4S/c1-19(2)9-10-22-11-12-26-24(14-22)33-25(17-28(5)16-23-8-6-7-13-27-23)20(3)15-29(21(4)18-30)34(26,31)32/h6-8,11-14,19-21,25,30H,15-18H2,1-5H3/t20-,21+,25-/m1/s1. The quantitative estimate of drug-likeness (QED) is 0.634. The first-order valence-electron chi connectivity index (χ1n) is 11.6. The maximum atomic E-state index is 13.6. The van der Waals surface area contributed by atoms with Crippen LogP contribution >= 0.6 is 0 Å². The Balaban J connectivity index is 1.99. The molecule has 184 valence electrons. The first-order valence-corrected chi connectivity index (χ1v) is 13.1. The van der Waals surface area contributed by atoms with Gasteiger partial charge < -0.3 is 9.84 Å². The average molecular weight is 486 g/mol. The van der Waals surface area contributed by atoms with E-state index in [0.29, 0.717) is 24.4 Å². The maximum absolute atomic E-state index is 13.6. The Bertz CT molecular complexity index is 1130. The Morgan fingerprint density at radius 3 is 2.68 bits per heavy atom. The van der Waals surface area contributed by atoms with Crippen molar-refractivity contribution in [1.82, 2.24) is 14.2 Å². The second kappa shape index (κ2) is 11.3. The molecule has 0 bridgehead atoms. The summed E-state index contributed by atoms with van der Waals surface area (Å²) in [5.74, 6) is 6.60. The normalized spacial score (nSPS) is 21.1. The van der Waals surface area contributed by atoms with E-state index in [1.807, 2.05) is 46.0 Å². The van der Waals surface area contributed by atoms with Crippen LogP contribution in [0.1, 0.15) is 39.0 Å². The molecule has 34 heavy (non-hydrogen) atoms. The van der Waals surface area contributed by atoms with Crippen LogP contribution in [0.3, 0.4) is 0 Å². The molecule has 0 saturated heterocycles. The van der Waals surface area contributed by atoms with Gasteiger partial charge in [0.25, 0.3) is 0 Å². The van der Waals surface area contributed by atoms with Crippen molar-refractivity contribution in [2.45, 2.75) is 51.3 Å². The van der Waals surface area contributed by atoms with Crippen LogP contribution in [-0.4, -0.2) is 66.6 Å². The molecule has 1 aliphatic heterocycles. The fourth-order valence-electron chi connectivity index (χ4n) is 3.89. The van der Waals surface area contributed by atoms with Gasteiger partial charge in [0.1, 0.15) is 16.7 Å². The van der Waals surface area contributed by atoms with E-state index < -0.39 is 16.1 Å². The molecule has 0 aliphatic carbocycles. The summed E-state index contributed by atoms with van der Waals surface area (Å²) in [6.45, 7) is 8.94. The summed E-state index contributed by atoms with van der Waals surface area (Å²) in [7, 11) is -1.86. The Morgan fingerprint density at radius 1 is 1.26 bits per heavy atom.